The highest BCUT2D eigenvalue weighted by molar-refractivity contribution is 5.95. The van der Waals surface area contributed by atoms with Gasteiger partial charge in [0.2, 0.25) is 5.91 Å². The largest absolute Gasteiger partial charge is 0.457 e. The van der Waals surface area contributed by atoms with Crippen molar-refractivity contribution < 1.29 is 14.3 Å². The van der Waals surface area contributed by atoms with E-state index in [9.17, 15) is 4.79 Å². The maximum absolute atomic E-state index is 12.9. The molecular weight excluding hydrogens is 442 g/mol. The number of carbonyl (C=O) groups is 1. The Balaban J connectivity index is 1.56. The number of carbonyl (C=O) groups excluding carboxylic acids is 1. The Kier molecular flexibility index (Phi) is 7.64. The molecule has 0 heterocycles. The molecule has 0 radical (unpaired) electrons. The molecule has 0 aliphatic heterocycles. The molecule has 1 saturated carbocycles. The van der Waals surface area contributed by atoms with E-state index in [2.05, 4.69) is 5.32 Å². The average Bonchev–Trinajstić information content (AvgIpc) is 2.85. The van der Waals surface area contributed by atoms with E-state index in [1.54, 1.807) is 42.5 Å². The highest BCUT2D eigenvalue weighted by Gasteiger charge is 2.25. The van der Waals surface area contributed by atoms with Gasteiger partial charge in [-0.1, -0.05) is 12.1 Å². The summed E-state index contributed by atoms with van der Waals surface area (Å²) in [6.45, 7) is 0.453. The fraction of sp³-hybridized carbons (Fsp3) is 0.259. The Morgan fingerprint density at radius 3 is 1.91 bits per heavy atom. The lowest BCUT2D eigenvalue weighted by molar-refractivity contribution is -0.120. The third kappa shape index (κ3) is 6.59. The molecule has 1 aliphatic rings. The van der Waals surface area contributed by atoms with Gasteiger partial charge in [-0.2, -0.15) is 0 Å². The van der Waals surface area contributed by atoms with Gasteiger partial charge in [0, 0.05) is 48.0 Å². The Labute approximate surface area is 204 Å². The third-order valence-electron chi connectivity index (χ3n) is 6.09. The number of nitrogens with two attached hydrogens (primary N) is 3. The molecule has 8 nitrogen and oxygen atoms in total. The standard InChI is InChI=1S/C27H31N5O3/c28-16-17-1-9-22(10-2-17)34-24-13-21(32-27(33)19-3-7-20(29)8-4-19)14-25(15-24)35-23-11-5-18(6-12-23)26(30)31/h1-2,5-6,9-15,19-20H,3-4,7-8,16,28-29H2,(H3,30,31)(H,32,33). The van der Waals surface area contributed by atoms with E-state index in [4.69, 9.17) is 32.1 Å². The van der Waals surface area contributed by atoms with E-state index < -0.39 is 0 Å². The number of nitrogen functional groups attached to an aromatic ring is 1. The molecule has 1 fully saturated rings. The van der Waals surface area contributed by atoms with Crippen LogP contribution in [0.5, 0.6) is 23.0 Å². The molecule has 0 bridgehead atoms. The summed E-state index contributed by atoms with van der Waals surface area (Å²) >= 11 is 0. The van der Waals surface area contributed by atoms with Gasteiger partial charge in [-0.15, -0.1) is 0 Å². The lowest BCUT2D eigenvalue weighted by Crippen LogP contribution is -2.32. The van der Waals surface area contributed by atoms with E-state index in [1.165, 1.54) is 0 Å². The first-order valence-electron chi connectivity index (χ1n) is 11.7. The quantitative estimate of drug-likeness (QED) is 0.241. The van der Waals surface area contributed by atoms with Crippen LogP contribution in [0, 0.1) is 11.3 Å². The minimum absolute atomic E-state index is 0.0127. The zero-order valence-electron chi connectivity index (χ0n) is 19.5. The fourth-order valence-corrected chi connectivity index (χ4v) is 4.06. The maximum Gasteiger partial charge on any atom is 0.227 e. The summed E-state index contributed by atoms with van der Waals surface area (Å²) in [7, 11) is 0. The van der Waals surface area contributed by atoms with Gasteiger partial charge in [0.25, 0.3) is 0 Å². The molecule has 8 heteroatoms. The summed E-state index contributed by atoms with van der Waals surface area (Å²) in [6.07, 6.45) is 3.26. The van der Waals surface area contributed by atoms with Gasteiger partial charge in [-0.25, -0.2) is 0 Å². The van der Waals surface area contributed by atoms with Gasteiger partial charge in [0.1, 0.15) is 28.8 Å². The molecule has 0 unspecified atom stereocenters. The number of rotatable bonds is 8. The highest BCUT2D eigenvalue weighted by atomic mass is 16.5. The minimum Gasteiger partial charge on any atom is -0.457 e. The minimum atomic E-state index is -0.0633. The zero-order valence-corrected chi connectivity index (χ0v) is 19.5. The molecule has 0 saturated heterocycles. The van der Waals surface area contributed by atoms with Crippen molar-refractivity contribution >= 4 is 17.4 Å². The van der Waals surface area contributed by atoms with E-state index in [1.807, 2.05) is 24.3 Å². The molecule has 1 aliphatic carbocycles. The third-order valence-corrected chi connectivity index (χ3v) is 6.09. The topological polar surface area (TPSA) is 149 Å². The van der Waals surface area contributed by atoms with Gasteiger partial charge >= 0.3 is 0 Å². The summed E-state index contributed by atoms with van der Waals surface area (Å²) in [6, 6.07) is 19.9. The van der Waals surface area contributed by atoms with Gasteiger partial charge in [-0.05, 0) is 67.6 Å². The van der Waals surface area contributed by atoms with Crippen LogP contribution in [0.25, 0.3) is 0 Å². The predicted molar refractivity (Wildman–Crippen MR) is 137 cm³/mol. The monoisotopic (exact) mass is 473 g/mol. The van der Waals surface area contributed by atoms with Crippen molar-refractivity contribution in [3.8, 4) is 23.0 Å². The zero-order chi connectivity index (χ0) is 24.8. The summed E-state index contributed by atoms with van der Waals surface area (Å²) in [4.78, 5) is 12.9. The maximum atomic E-state index is 12.9. The summed E-state index contributed by atoms with van der Waals surface area (Å²) in [5.41, 5.74) is 19.4. The Hall–Kier alpha value is -3.88. The Bertz CT molecular complexity index is 1170. The van der Waals surface area contributed by atoms with Gasteiger partial charge in [0.05, 0.1) is 0 Å². The van der Waals surface area contributed by atoms with Crippen LogP contribution >= 0.6 is 0 Å². The first-order valence-corrected chi connectivity index (χ1v) is 11.7. The molecule has 3 aromatic rings. The Morgan fingerprint density at radius 1 is 0.857 bits per heavy atom. The molecule has 8 N–H and O–H groups in total. The van der Waals surface area contributed by atoms with Crippen LogP contribution in [0.2, 0.25) is 0 Å². The van der Waals surface area contributed by atoms with Crippen LogP contribution in [-0.2, 0) is 11.3 Å². The second-order valence-electron chi connectivity index (χ2n) is 8.78. The lowest BCUT2D eigenvalue weighted by Gasteiger charge is -2.25. The molecular formula is C27H31N5O3. The van der Waals surface area contributed by atoms with E-state index >= 15 is 0 Å². The first-order chi connectivity index (χ1) is 16.9. The van der Waals surface area contributed by atoms with E-state index in [0.29, 0.717) is 40.8 Å². The van der Waals surface area contributed by atoms with E-state index in [0.717, 1.165) is 31.2 Å². The molecule has 0 atom stereocenters. The van der Waals surface area contributed by atoms with Crippen molar-refractivity contribution in [2.45, 2.75) is 38.3 Å². The molecule has 182 valence electrons. The van der Waals surface area contributed by atoms with Crippen LogP contribution < -0.4 is 32.0 Å². The van der Waals surface area contributed by atoms with Gasteiger partial charge in [0.15, 0.2) is 0 Å². The number of amides is 1. The average molecular weight is 474 g/mol. The van der Waals surface area contributed by atoms with Crippen molar-refractivity contribution in [2.24, 2.45) is 23.1 Å². The lowest BCUT2D eigenvalue weighted by atomic mass is 9.86. The number of ether oxygens (including phenoxy) is 2. The second kappa shape index (κ2) is 11.0. The van der Waals surface area contributed by atoms with Crippen molar-refractivity contribution in [2.75, 3.05) is 5.32 Å². The smallest absolute Gasteiger partial charge is 0.227 e. The Morgan fingerprint density at radius 2 is 1.40 bits per heavy atom. The second-order valence-corrected chi connectivity index (χ2v) is 8.78. The number of hydrogen-bond acceptors (Lipinski definition) is 6. The fourth-order valence-electron chi connectivity index (χ4n) is 4.06. The number of benzene rings is 3. The normalized spacial score (nSPS) is 17.4. The van der Waals surface area contributed by atoms with Gasteiger partial charge < -0.3 is 32.0 Å². The summed E-state index contributed by atoms with van der Waals surface area (Å²) in [5.74, 6) is 2.12. The molecule has 0 aromatic heterocycles. The van der Waals surface area contributed by atoms with Crippen molar-refractivity contribution in [3.63, 3.8) is 0 Å². The van der Waals surface area contributed by atoms with Crippen molar-refractivity contribution in [1.82, 2.24) is 0 Å². The predicted octanol–water partition coefficient (Wildman–Crippen LogP) is 4.47. The number of amidine groups is 1. The van der Waals surface area contributed by atoms with Crippen LogP contribution in [0.1, 0.15) is 36.8 Å². The SMILES string of the molecule is N=C(N)c1ccc(Oc2cc(NC(=O)C3CCC(N)CC3)cc(Oc3ccc(CN)cc3)c2)cc1. The van der Waals surface area contributed by atoms with Gasteiger partial charge in [-0.3, -0.25) is 10.2 Å². The number of hydrogen-bond donors (Lipinski definition) is 5. The van der Waals surface area contributed by atoms with Crippen LogP contribution in [-0.4, -0.2) is 17.8 Å². The summed E-state index contributed by atoms with van der Waals surface area (Å²) in [5, 5.41) is 10.6. The number of nitrogens with one attached hydrogen (secondary N) is 2. The molecule has 1 amide bonds. The number of anilines is 1. The molecule has 3 aromatic carbocycles. The van der Waals surface area contributed by atoms with Crippen LogP contribution in [0.4, 0.5) is 5.69 Å². The highest BCUT2D eigenvalue weighted by Crippen LogP contribution is 2.33. The molecule has 0 spiro atoms. The van der Waals surface area contributed by atoms with Crippen LogP contribution in [0.3, 0.4) is 0 Å². The first kappa shape index (κ1) is 24.3. The summed E-state index contributed by atoms with van der Waals surface area (Å²) < 4.78 is 12.1. The van der Waals surface area contributed by atoms with E-state index in [-0.39, 0.29) is 23.7 Å². The molecule has 35 heavy (non-hydrogen) atoms. The van der Waals surface area contributed by atoms with Crippen molar-refractivity contribution in [1.29, 1.82) is 5.41 Å². The van der Waals surface area contributed by atoms with Crippen molar-refractivity contribution in [3.05, 3.63) is 77.9 Å². The van der Waals surface area contributed by atoms with Crippen LogP contribution in [0.15, 0.2) is 66.7 Å². The molecule has 4 rings (SSSR count).